The zero-order valence-corrected chi connectivity index (χ0v) is 25.0. The van der Waals surface area contributed by atoms with Crippen molar-refractivity contribution in [2.45, 2.75) is 50.7 Å². The third-order valence-corrected chi connectivity index (χ3v) is 8.19. The molecule has 0 fully saturated rings. The van der Waals surface area contributed by atoms with Gasteiger partial charge in [0, 0.05) is 18.7 Å². The number of hydrogen-bond donors (Lipinski definition) is 1. The minimum absolute atomic E-state index is 0.0287. The number of amides is 2. The molecule has 226 valence electrons. The molecule has 0 radical (unpaired) electrons. The number of nitrogens with one attached hydrogen (secondary N) is 1. The average Bonchev–Trinajstić information content (AvgIpc) is 2.96. The summed E-state index contributed by atoms with van der Waals surface area (Å²) in [7, 11) is -1.66. The summed E-state index contributed by atoms with van der Waals surface area (Å²) in [5, 5.41) is 2.80. The number of carbonyl (C=O) groups excluding carboxylic acids is 2. The Labute approximate surface area is 245 Å². The maximum absolute atomic E-state index is 14.0. The van der Waals surface area contributed by atoms with E-state index in [0.29, 0.717) is 11.3 Å². The molecule has 0 spiro atoms. The molecule has 42 heavy (non-hydrogen) atoms. The van der Waals surface area contributed by atoms with Gasteiger partial charge in [-0.3, -0.25) is 13.9 Å². The molecule has 12 heteroatoms. The lowest BCUT2D eigenvalue weighted by Gasteiger charge is -2.33. The van der Waals surface area contributed by atoms with E-state index in [4.69, 9.17) is 9.47 Å². The van der Waals surface area contributed by atoms with Crippen LogP contribution in [0, 0.1) is 11.6 Å². The van der Waals surface area contributed by atoms with E-state index in [1.165, 1.54) is 73.7 Å². The second-order valence-electron chi connectivity index (χ2n) is 9.74. The maximum Gasteiger partial charge on any atom is 0.264 e. The van der Waals surface area contributed by atoms with E-state index in [9.17, 15) is 26.8 Å². The minimum Gasteiger partial charge on any atom is -0.493 e. The second kappa shape index (κ2) is 14.1. The van der Waals surface area contributed by atoms with Crippen molar-refractivity contribution in [3.63, 3.8) is 0 Å². The molecule has 3 aromatic carbocycles. The van der Waals surface area contributed by atoms with Crippen LogP contribution in [0.1, 0.15) is 32.8 Å². The number of hydrogen-bond acceptors (Lipinski definition) is 6. The second-order valence-corrected chi connectivity index (χ2v) is 11.6. The summed E-state index contributed by atoms with van der Waals surface area (Å²) in [6.07, 6.45) is 0.227. The number of ether oxygens (including phenoxy) is 2. The van der Waals surface area contributed by atoms with Crippen molar-refractivity contribution in [3.05, 3.63) is 83.9 Å². The lowest BCUT2D eigenvalue weighted by atomic mass is 10.1. The van der Waals surface area contributed by atoms with Gasteiger partial charge in [0.05, 0.1) is 24.8 Å². The molecule has 1 atom stereocenters. The highest BCUT2D eigenvalue weighted by molar-refractivity contribution is 7.92. The molecule has 0 saturated heterocycles. The molecule has 0 aliphatic carbocycles. The summed E-state index contributed by atoms with van der Waals surface area (Å²) < 4.78 is 66.7. The fraction of sp³-hybridized carbons (Fsp3) is 0.333. The topological polar surface area (TPSA) is 105 Å². The Kier molecular flexibility index (Phi) is 10.9. The molecule has 0 saturated carbocycles. The SMILES string of the molecule is CC[C@@H](C(=O)NC(C)C)N(Cc1ccc(F)cc1)C(=O)CN(c1ccc(F)cc1)S(=O)(=O)c1ccc(OC)c(OC)c1. The van der Waals surface area contributed by atoms with Gasteiger partial charge >= 0.3 is 0 Å². The first kappa shape index (κ1) is 32.3. The van der Waals surface area contributed by atoms with Gasteiger partial charge in [0.1, 0.15) is 24.2 Å². The van der Waals surface area contributed by atoms with Crippen molar-refractivity contribution < 1.29 is 36.3 Å². The van der Waals surface area contributed by atoms with E-state index >= 15 is 0 Å². The van der Waals surface area contributed by atoms with Crippen LogP contribution in [0.4, 0.5) is 14.5 Å². The Balaban J connectivity index is 2.09. The minimum atomic E-state index is -4.43. The van der Waals surface area contributed by atoms with Crippen LogP contribution in [0.25, 0.3) is 0 Å². The molecule has 0 unspecified atom stereocenters. The lowest BCUT2D eigenvalue weighted by molar-refractivity contribution is -0.140. The van der Waals surface area contributed by atoms with Gasteiger partial charge in [0.15, 0.2) is 11.5 Å². The van der Waals surface area contributed by atoms with E-state index in [2.05, 4.69) is 5.32 Å². The standard InChI is InChI=1S/C30H35F2N3O6S/c1-6-26(30(37)33-20(2)3)34(18-21-7-9-22(31)10-8-21)29(36)19-35(24-13-11-23(32)12-14-24)42(38,39)25-15-16-27(40-4)28(17-25)41-5/h7-17,20,26H,6,18-19H2,1-5H3,(H,33,37)/t26-/m0/s1. The monoisotopic (exact) mass is 603 g/mol. The zero-order chi connectivity index (χ0) is 31.0. The number of sulfonamides is 1. The third-order valence-electron chi connectivity index (χ3n) is 6.42. The van der Waals surface area contributed by atoms with E-state index in [1.807, 2.05) is 0 Å². The van der Waals surface area contributed by atoms with Crippen molar-refractivity contribution >= 4 is 27.5 Å². The highest BCUT2D eigenvalue weighted by Gasteiger charge is 2.34. The van der Waals surface area contributed by atoms with Crippen LogP contribution in [0.15, 0.2) is 71.6 Å². The van der Waals surface area contributed by atoms with Gasteiger partial charge in [-0.25, -0.2) is 17.2 Å². The van der Waals surface area contributed by atoms with Crippen LogP contribution < -0.4 is 19.1 Å². The Morgan fingerprint density at radius 2 is 1.45 bits per heavy atom. The molecule has 3 rings (SSSR count). The summed E-state index contributed by atoms with van der Waals surface area (Å²) in [5.41, 5.74) is 0.567. The van der Waals surface area contributed by atoms with E-state index in [1.54, 1.807) is 20.8 Å². The molecule has 0 aliphatic heterocycles. The molecule has 9 nitrogen and oxygen atoms in total. The number of halogens is 2. The molecule has 0 bridgehead atoms. The van der Waals surface area contributed by atoms with Gasteiger partial charge in [-0.05, 0) is 74.4 Å². The van der Waals surface area contributed by atoms with Gasteiger partial charge in [-0.2, -0.15) is 0 Å². The van der Waals surface area contributed by atoms with Crippen molar-refractivity contribution in [2.75, 3.05) is 25.1 Å². The highest BCUT2D eigenvalue weighted by Crippen LogP contribution is 2.32. The number of nitrogens with zero attached hydrogens (tertiary/aromatic N) is 2. The molecular formula is C30H35F2N3O6S. The number of methoxy groups -OCH3 is 2. The first-order valence-electron chi connectivity index (χ1n) is 13.3. The summed E-state index contributed by atoms with van der Waals surface area (Å²) in [6.45, 7) is 4.49. The molecular weight excluding hydrogens is 568 g/mol. The van der Waals surface area contributed by atoms with E-state index in [-0.39, 0.29) is 35.3 Å². The Morgan fingerprint density at radius 1 is 0.881 bits per heavy atom. The molecule has 2 amide bonds. The van der Waals surface area contributed by atoms with Gasteiger partial charge < -0.3 is 19.7 Å². The Morgan fingerprint density at radius 3 is 1.98 bits per heavy atom. The lowest BCUT2D eigenvalue weighted by Crippen LogP contribution is -2.53. The number of rotatable bonds is 13. The van der Waals surface area contributed by atoms with Crippen molar-refractivity contribution in [3.8, 4) is 11.5 Å². The molecule has 0 aromatic heterocycles. The van der Waals surface area contributed by atoms with Crippen LogP contribution >= 0.6 is 0 Å². The van der Waals surface area contributed by atoms with Crippen LogP contribution in [0.3, 0.4) is 0 Å². The van der Waals surface area contributed by atoms with Crippen molar-refractivity contribution in [1.82, 2.24) is 10.2 Å². The maximum atomic E-state index is 14.0. The van der Waals surface area contributed by atoms with Crippen LogP contribution in [-0.4, -0.2) is 58.0 Å². The Hall–Kier alpha value is -4.19. The van der Waals surface area contributed by atoms with Gasteiger partial charge in [-0.15, -0.1) is 0 Å². The smallest absolute Gasteiger partial charge is 0.264 e. The molecule has 1 N–H and O–H groups in total. The molecule has 3 aromatic rings. The first-order chi connectivity index (χ1) is 19.9. The average molecular weight is 604 g/mol. The fourth-order valence-electron chi connectivity index (χ4n) is 4.33. The zero-order valence-electron chi connectivity index (χ0n) is 24.1. The largest absolute Gasteiger partial charge is 0.493 e. The first-order valence-corrected chi connectivity index (χ1v) is 14.7. The van der Waals surface area contributed by atoms with Gasteiger partial charge in [-0.1, -0.05) is 19.1 Å². The number of benzene rings is 3. The van der Waals surface area contributed by atoms with Gasteiger partial charge in [0.25, 0.3) is 10.0 Å². The quantitative estimate of drug-likeness (QED) is 0.308. The van der Waals surface area contributed by atoms with Crippen LogP contribution in [0.2, 0.25) is 0 Å². The number of carbonyl (C=O) groups is 2. The molecule has 0 aliphatic rings. The molecule has 0 heterocycles. The number of anilines is 1. The van der Waals surface area contributed by atoms with E-state index < -0.39 is 46.1 Å². The predicted octanol–water partition coefficient (Wildman–Crippen LogP) is 4.51. The van der Waals surface area contributed by atoms with Crippen LogP contribution in [0.5, 0.6) is 11.5 Å². The van der Waals surface area contributed by atoms with Crippen molar-refractivity contribution in [2.24, 2.45) is 0 Å². The fourth-order valence-corrected chi connectivity index (χ4v) is 5.76. The van der Waals surface area contributed by atoms with E-state index in [0.717, 1.165) is 16.4 Å². The normalized spacial score (nSPS) is 12.0. The highest BCUT2D eigenvalue weighted by atomic mass is 32.2. The summed E-state index contributed by atoms with van der Waals surface area (Å²) in [6, 6.07) is 12.9. The predicted molar refractivity (Wildman–Crippen MR) is 155 cm³/mol. The summed E-state index contributed by atoms with van der Waals surface area (Å²) in [4.78, 5) is 28.2. The summed E-state index contributed by atoms with van der Waals surface area (Å²) in [5.74, 6) is -1.73. The van der Waals surface area contributed by atoms with Crippen molar-refractivity contribution in [1.29, 1.82) is 0 Å². The van der Waals surface area contributed by atoms with Crippen LogP contribution in [-0.2, 0) is 26.2 Å². The Bertz CT molecular complexity index is 1480. The third kappa shape index (κ3) is 7.75. The van der Waals surface area contributed by atoms with Gasteiger partial charge in [0.2, 0.25) is 11.8 Å². The summed E-state index contributed by atoms with van der Waals surface area (Å²) >= 11 is 0.